The van der Waals surface area contributed by atoms with Gasteiger partial charge in [-0.3, -0.25) is 9.88 Å². The first-order valence-electron chi connectivity index (χ1n) is 7.14. The van der Waals surface area contributed by atoms with Crippen molar-refractivity contribution in [2.24, 2.45) is 0 Å². The predicted molar refractivity (Wildman–Crippen MR) is 84.1 cm³/mol. The highest BCUT2D eigenvalue weighted by Crippen LogP contribution is 2.26. The van der Waals surface area contributed by atoms with Crippen LogP contribution in [0.5, 0.6) is 0 Å². The number of nitrogens with zero attached hydrogens (tertiary/aromatic N) is 2. The van der Waals surface area contributed by atoms with E-state index in [4.69, 9.17) is 11.6 Å². The van der Waals surface area contributed by atoms with Gasteiger partial charge in [-0.05, 0) is 37.6 Å². The van der Waals surface area contributed by atoms with Gasteiger partial charge in [0, 0.05) is 48.3 Å². The van der Waals surface area contributed by atoms with Crippen LogP contribution in [0, 0.1) is 0 Å². The summed E-state index contributed by atoms with van der Waals surface area (Å²) < 4.78 is 0. The molecule has 1 aromatic carbocycles. The highest BCUT2D eigenvalue weighted by atomic mass is 35.5. The van der Waals surface area contributed by atoms with E-state index in [0.29, 0.717) is 12.1 Å². The van der Waals surface area contributed by atoms with Crippen molar-refractivity contribution in [3.05, 3.63) is 41.0 Å². The maximum Gasteiger partial charge on any atom is 0.0761 e. The second kappa shape index (κ2) is 5.68. The Kier molecular flexibility index (Phi) is 3.92. The van der Waals surface area contributed by atoms with Gasteiger partial charge in [0.25, 0.3) is 0 Å². The van der Waals surface area contributed by atoms with Crippen LogP contribution in [0.15, 0.2) is 30.5 Å². The third-order valence-corrected chi connectivity index (χ3v) is 4.16. The van der Waals surface area contributed by atoms with Crippen LogP contribution < -0.4 is 5.32 Å². The van der Waals surface area contributed by atoms with Gasteiger partial charge in [0.1, 0.15) is 0 Å². The smallest absolute Gasteiger partial charge is 0.0761 e. The molecule has 3 rings (SSSR count). The predicted octanol–water partition coefficient (Wildman–Crippen LogP) is 3.07. The van der Waals surface area contributed by atoms with E-state index in [-0.39, 0.29) is 0 Å². The van der Waals surface area contributed by atoms with Crippen LogP contribution in [0.2, 0.25) is 5.02 Å². The molecular formula is C16H20ClN3. The number of halogens is 1. The zero-order valence-corrected chi connectivity index (χ0v) is 12.7. The zero-order chi connectivity index (χ0) is 14.1. The first-order chi connectivity index (χ1) is 9.63. The number of rotatable bonds is 2. The molecule has 0 radical (unpaired) electrons. The van der Waals surface area contributed by atoms with E-state index in [2.05, 4.69) is 35.1 Å². The lowest BCUT2D eigenvalue weighted by Gasteiger charge is -2.36. The van der Waals surface area contributed by atoms with E-state index in [1.807, 2.05) is 24.4 Å². The van der Waals surface area contributed by atoms with Gasteiger partial charge in [-0.25, -0.2) is 0 Å². The molecule has 1 aliphatic rings. The van der Waals surface area contributed by atoms with Gasteiger partial charge in [-0.15, -0.1) is 0 Å². The first kappa shape index (κ1) is 13.8. The molecule has 0 aliphatic carbocycles. The van der Waals surface area contributed by atoms with E-state index in [1.54, 1.807) is 0 Å². The summed E-state index contributed by atoms with van der Waals surface area (Å²) in [4.78, 5) is 7.01. The van der Waals surface area contributed by atoms with Gasteiger partial charge in [0.15, 0.2) is 0 Å². The summed E-state index contributed by atoms with van der Waals surface area (Å²) in [6, 6.07) is 9.13. The van der Waals surface area contributed by atoms with Crippen LogP contribution in [0.4, 0.5) is 0 Å². The minimum absolute atomic E-state index is 0.533. The van der Waals surface area contributed by atoms with Crippen LogP contribution in [-0.4, -0.2) is 35.1 Å². The summed E-state index contributed by atoms with van der Waals surface area (Å²) in [5.74, 6) is 0. The minimum atomic E-state index is 0.533. The number of fused-ring (bicyclic) bond motifs is 1. The van der Waals surface area contributed by atoms with Crippen molar-refractivity contribution in [3.63, 3.8) is 0 Å². The summed E-state index contributed by atoms with van der Waals surface area (Å²) >= 11 is 6.25. The van der Waals surface area contributed by atoms with E-state index in [1.165, 1.54) is 5.56 Å². The van der Waals surface area contributed by atoms with Crippen molar-refractivity contribution < 1.29 is 0 Å². The molecule has 1 fully saturated rings. The highest BCUT2D eigenvalue weighted by molar-refractivity contribution is 6.35. The van der Waals surface area contributed by atoms with Crippen molar-refractivity contribution in [2.75, 3.05) is 13.1 Å². The third-order valence-electron chi connectivity index (χ3n) is 3.83. The van der Waals surface area contributed by atoms with Crippen molar-refractivity contribution in [1.29, 1.82) is 0 Å². The molecule has 1 aliphatic heterocycles. The number of nitrogens with one attached hydrogen (secondary N) is 1. The number of hydrogen-bond donors (Lipinski definition) is 1. The third kappa shape index (κ3) is 2.80. The molecule has 0 amide bonds. The molecule has 2 unspecified atom stereocenters. The monoisotopic (exact) mass is 289 g/mol. The molecule has 0 saturated carbocycles. The molecule has 1 saturated heterocycles. The lowest BCUT2D eigenvalue weighted by molar-refractivity contribution is 0.167. The standard InChI is InChI=1S/C16H20ClN3/c1-11-8-20(9-12(2)19-11)10-13-5-6-15(17)14-4-3-7-18-16(13)14/h3-7,11-12,19H,8-10H2,1-2H3. The average Bonchev–Trinajstić information content (AvgIpc) is 2.41. The van der Waals surface area contributed by atoms with Crippen LogP contribution in [0.3, 0.4) is 0 Å². The SMILES string of the molecule is CC1CN(Cc2ccc(Cl)c3cccnc23)CC(C)N1. The lowest BCUT2D eigenvalue weighted by Crippen LogP contribution is -2.53. The fourth-order valence-electron chi connectivity index (χ4n) is 3.13. The molecule has 0 spiro atoms. The van der Waals surface area contributed by atoms with Crippen LogP contribution in [0.25, 0.3) is 10.9 Å². The van der Waals surface area contributed by atoms with E-state index >= 15 is 0 Å². The van der Waals surface area contributed by atoms with Gasteiger partial charge in [-0.2, -0.15) is 0 Å². The zero-order valence-electron chi connectivity index (χ0n) is 11.9. The second-order valence-corrected chi connectivity index (χ2v) is 6.18. The molecular weight excluding hydrogens is 270 g/mol. The Morgan fingerprint density at radius 2 is 2.00 bits per heavy atom. The first-order valence-corrected chi connectivity index (χ1v) is 7.52. The number of piperazine rings is 1. The van der Waals surface area contributed by atoms with Gasteiger partial charge >= 0.3 is 0 Å². The summed E-state index contributed by atoms with van der Waals surface area (Å²) in [6.07, 6.45) is 1.84. The summed E-state index contributed by atoms with van der Waals surface area (Å²) in [6.45, 7) is 7.55. The van der Waals surface area contributed by atoms with Crippen LogP contribution in [-0.2, 0) is 6.54 Å². The number of pyridine rings is 1. The number of hydrogen-bond acceptors (Lipinski definition) is 3. The quantitative estimate of drug-likeness (QED) is 0.921. The largest absolute Gasteiger partial charge is 0.309 e. The molecule has 4 heteroatoms. The summed E-state index contributed by atoms with van der Waals surface area (Å²) in [5.41, 5.74) is 2.28. The van der Waals surface area contributed by atoms with Crippen molar-refractivity contribution in [3.8, 4) is 0 Å². The van der Waals surface area contributed by atoms with Crippen molar-refractivity contribution >= 4 is 22.5 Å². The summed E-state index contributed by atoms with van der Waals surface area (Å²) in [7, 11) is 0. The fourth-order valence-corrected chi connectivity index (χ4v) is 3.35. The van der Waals surface area contributed by atoms with E-state index in [9.17, 15) is 0 Å². The van der Waals surface area contributed by atoms with E-state index < -0.39 is 0 Å². The van der Waals surface area contributed by atoms with E-state index in [0.717, 1.165) is 35.6 Å². The Morgan fingerprint density at radius 1 is 1.25 bits per heavy atom. The van der Waals surface area contributed by atoms with Crippen molar-refractivity contribution in [2.45, 2.75) is 32.5 Å². The normalized spacial score (nSPS) is 24.1. The second-order valence-electron chi connectivity index (χ2n) is 5.77. The fraction of sp³-hybridized carbons (Fsp3) is 0.438. The maximum atomic E-state index is 6.25. The van der Waals surface area contributed by atoms with Crippen LogP contribution >= 0.6 is 11.6 Å². The van der Waals surface area contributed by atoms with Crippen LogP contribution in [0.1, 0.15) is 19.4 Å². The Balaban J connectivity index is 1.89. The highest BCUT2D eigenvalue weighted by Gasteiger charge is 2.21. The topological polar surface area (TPSA) is 28.2 Å². The molecule has 20 heavy (non-hydrogen) atoms. The number of aromatic nitrogens is 1. The Hall–Kier alpha value is -1.16. The minimum Gasteiger partial charge on any atom is -0.309 e. The van der Waals surface area contributed by atoms with Gasteiger partial charge in [0.2, 0.25) is 0 Å². The molecule has 1 aromatic heterocycles. The lowest BCUT2D eigenvalue weighted by atomic mass is 10.1. The molecule has 0 bridgehead atoms. The molecule has 1 N–H and O–H groups in total. The molecule has 106 valence electrons. The van der Waals surface area contributed by atoms with Gasteiger partial charge < -0.3 is 5.32 Å². The summed E-state index contributed by atoms with van der Waals surface area (Å²) in [5, 5.41) is 5.38. The van der Waals surface area contributed by atoms with Gasteiger partial charge in [0.05, 0.1) is 5.52 Å². The number of benzene rings is 1. The van der Waals surface area contributed by atoms with Gasteiger partial charge in [-0.1, -0.05) is 17.7 Å². The Labute approximate surface area is 124 Å². The molecule has 2 atom stereocenters. The molecule has 3 nitrogen and oxygen atoms in total. The maximum absolute atomic E-state index is 6.25. The Morgan fingerprint density at radius 3 is 2.75 bits per heavy atom. The molecule has 2 heterocycles. The molecule has 2 aromatic rings. The van der Waals surface area contributed by atoms with Crippen molar-refractivity contribution in [1.82, 2.24) is 15.2 Å². The Bertz CT molecular complexity index is 604. The average molecular weight is 290 g/mol.